The van der Waals surface area contributed by atoms with Gasteiger partial charge in [0.1, 0.15) is 12.4 Å². The standard InChI is InChI=1S/C22H23NO5/c1-26-21(24)19(22(25)27-2)15-16-7-9-18(10-8-16)28-14-13-23-12-11-17-5-3-4-6-20(17)23/h3-12,19H,13-15H2,1-2H3. The van der Waals surface area contributed by atoms with E-state index in [1.165, 1.54) is 25.1 Å². The van der Waals surface area contributed by atoms with E-state index in [1.54, 1.807) is 0 Å². The Morgan fingerprint density at radius 2 is 1.61 bits per heavy atom. The summed E-state index contributed by atoms with van der Waals surface area (Å²) in [5.41, 5.74) is 2.00. The van der Waals surface area contributed by atoms with Crippen LogP contribution in [0.4, 0.5) is 0 Å². The molecule has 1 heterocycles. The van der Waals surface area contributed by atoms with Crippen LogP contribution in [0.2, 0.25) is 0 Å². The van der Waals surface area contributed by atoms with Gasteiger partial charge in [0, 0.05) is 11.7 Å². The molecule has 0 saturated carbocycles. The van der Waals surface area contributed by atoms with Gasteiger partial charge in [-0.2, -0.15) is 0 Å². The lowest BCUT2D eigenvalue weighted by Crippen LogP contribution is -2.28. The predicted molar refractivity (Wildman–Crippen MR) is 105 cm³/mol. The van der Waals surface area contributed by atoms with Gasteiger partial charge in [0.15, 0.2) is 5.92 Å². The Morgan fingerprint density at radius 3 is 2.29 bits per heavy atom. The summed E-state index contributed by atoms with van der Waals surface area (Å²) in [6.07, 6.45) is 2.27. The lowest BCUT2D eigenvalue weighted by molar-refractivity contribution is -0.158. The Bertz CT molecular complexity index is 929. The molecule has 0 saturated heterocycles. The highest BCUT2D eigenvalue weighted by Gasteiger charge is 2.28. The van der Waals surface area contributed by atoms with Crippen molar-refractivity contribution in [2.24, 2.45) is 5.92 Å². The largest absolute Gasteiger partial charge is 0.492 e. The SMILES string of the molecule is COC(=O)C(Cc1ccc(OCCn2ccc3ccccc32)cc1)C(=O)OC. The van der Waals surface area contributed by atoms with Crippen LogP contribution < -0.4 is 4.74 Å². The van der Waals surface area contributed by atoms with Crippen LogP contribution in [0.1, 0.15) is 5.56 Å². The Morgan fingerprint density at radius 1 is 0.929 bits per heavy atom. The molecule has 0 aliphatic rings. The minimum atomic E-state index is -0.969. The van der Waals surface area contributed by atoms with Gasteiger partial charge in [-0.3, -0.25) is 9.59 Å². The van der Waals surface area contributed by atoms with Gasteiger partial charge in [0.2, 0.25) is 0 Å². The van der Waals surface area contributed by atoms with Crippen molar-refractivity contribution in [3.8, 4) is 5.75 Å². The van der Waals surface area contributed by atoms with Crippen LogP contribution in [0.15, 0.2) is 60.8 Å². The number of benzene rings is 2. The maximum absolute atomic E-state index is 11.8. The number of hydrogen-bond donors (Lipinski definition) is 0. The van der Waals surface area contributed by atoms with E-state index in [4.69, 9.17) is 4.74 Å². The van der Waals surface area contributed by atoms with Crippen molar-refractivity contribution < 1.29 is 23.8 Å². The number of nitrogens with zero attached hydrogens (tertiary/aromatic N) is 1. The molecule has 0 aliphatic carbocycles. The Kier molecular flexibility index (Phi) is 6.32. The molecule has 1 aromatic heterocycles. The molecule has 0 radical (unpaired) electrons. The van der Waals surface area contributed by atoms with E-state index >= 15 is 0 Å². The lowest BCUT2D eigenvalue weighted by Gasteiger charge is -2.13. The minimum absolute atomic E-state index is 0.217. The van der Waals surface area contributed by atoms with E-state index in [-0.39, 0.29) is 6.42 Å². The molecule has 0 bridgehead atoms. The number of aromatic nitrogens is 1. The van der Waals surface area contributed by atoms with Gasteiger partial charge >= 0.3 is 11.9 Å². The normalized spacial score (nSPS) is 10.8. The van der Waals surface area contributed by atoms with Gasteiger partial charge in [-0.15, -0.1) is 0 Å². The highest BCUT2D eigenvalue weighted by atomic mass is 16.5. The molecule has 0 amide bonds. The molecule has 0 spiro atoms. The molecule has 6 nitrogen and oxygen atoms in total. The van der Waals surface area contributed by atoms with E-state index in [2.05, 4.69) is 38.4 Å². The molecular weight excluding hydrogens is 358 g/mol. The first-order valence-electron chi connectivity index (χ1n) is 9.03. The molecule has 3 aromatic rings. The van der Waals surface area contributed by atoms with Crippen molar-refractivity contribution in [3.05, 3.63) is 66.4 Å². The average molecular weight is 381 g/mol. The first-order chi connectivity index (χ1) is 13.6. The number of carbonyl (C=O) groups is 2. The number of esters is 2. The van der Waals surface area contributed by atoms with Crippen LogP contribution in [0.5, 0.6) is 5.75 Å². The Balaban J connectivity index is 1.56. The predicted octanol–water partition coefficient (Wildman–Crippen LogP) is 3.23. The fourth-order valence-corrected chi connectivity index (χ4v) is 3.10. The summed E-state index contributed by atoms with van der Waals surface area (Å²) >= 11 is 0. The summed E-state index contributed by atoms with van der Waals surface area (Å²) in [5.74, 6) is -1.45. The van der Waals surface area contributed by atoms with Crippen LogP contribution in [0.25, 0.3) is 10.9 Å². The van der Waals surface area contributed by atoms with Gasteiger partial charge in [0.25, 0.3) is 0 Å². The van der Waals surface area contributed by atoms with Gasteiger partial charge < -0.3 is 18.8 Å². The van der Waals surface area contributed by atoms with Crippen LogP contribution in [0.3, 0.4) is 0 Å². The van der Waals surface area contributed by atoms with Gasteiger partial charge in [-0.1, -0.05) is 30.3 Å². The first kappa shape index (κ1) is 19.5. The third-order valence-electron chi connectivity index (χ3n) is 4.62. The molecule has 0 unspecified atom stereocenters. The summed E-state index contributed by atoms with van der Waals surface area (Å²) in [6, 6.07) is 17.6. The van der Waals surface area contributed by atoms with Crippen molar-refractivity contribution in [2.75, 3.05) is 20.8 Å². The fourth-order valence-electron chi connectivity index (χ4n) is 3.10. The topological polar surface area (TPSA) is 66.8 Å². The number of fused-ring (bicyclic) bond motifs is 1. The number of methoxy groups -OCH3 is 2. The summed E-state index contributed by atoms with van der Waals surface area (Å²) in [5, 5.41) is 1.21. The number of rotatable bonds is 8. The van der Waals surface area contributed by atoms with Crippen LogP contribution in [0, 0.1) is 5.92 Å². The Labute approximate surface area is 163 Å². The summed E-state index contributed by atoms with van der Waals surface area (Å²) in [7, 11) is 2.51. The van der Waals surface area contributed by atoms with E-state index in [0.29, 0.717) is 6.61 Å². The van der Waals surface area contributed by atoms with Gasteiger partial charge in [0.05, 0.1) is 20.8 Å². The molecule has 0 N–H and O–H groups in total. The summed E-state index contributed by atoms with van der Waals surface area (Å²) in [6.45, 7) is 1.27. The number of carbonyl (C=O) groups excluding carboxylic acids is 2. The second kappa shape index (κ2) is 9.08. The summed E-state index contributed by atoms with van der Waals surface area (Å²) in [4.78, 5) is 23.6. The zero-order valence-corrected chi connectivity index (χ0v) is 16.0. The zero-order valence-electron chi connectivity index (χ0n) is 16.0. The molecule has 2 aromatic carbocycles. The molecule has 0 fully saturated rings. The maximum Gasteiger partial charge on any atom is 0.320 e. The smallest absolute Gasteiger partial charge is 0.320 e. The molecule has 28 heavy (non-hydrogen) atoms. The minimum Gasteiger partial charge on any atom is -0.492 e. The van der Waals surface area contributed by atoms with Crippen LogP contribution in [-0.2, 0) is 32.0 Å². The van der Waals surface area contributed by atoms with E-state index < -0.39 is 17.9 Å². The molecular formula is C22H23NO5. The number of ether oxygens (including phenoxy) is 3. The molecule has 6 heteroatoms. The first-order valence-corrected chi connectivity index (χ1v) is 9.03. The maximum atomic E-state index is 11.8. The third-order valence-corrected chi connectivity index (χ3v) is 4.62. The van der Waals surface area contributed by atoms with Gasteiger partial charge in [-0.25, -0.2) is 0 Å². The molecule has 146 valence electrons. The quantitative estimate of drug-likeness (QED) is 0.443. The highest BCUT2D eigenvalue weighted by molar-refractivity contribution is 5.95. The van der Waals surface area contributed by atoms with E-state index in [0.717, 1.165) is 17.9 Å². The zero-order chi connectivity index (χ0) is 19.9. The van der Waals surface area contributed by atoms with Crippen LogP contribution in [-0.4, -0.2) is 37.3 Å². The van der Waals surface area contributed by atoms with Crippen molar-refractivity contribution in [1.82, 2.24) is 4.57 Å². The van der Waals surface area contributed by atoms with Crippen LogP contribution >= 0.6 is 0 Å². The highest BCUT2D eigenvalue weighted by Crippen LogP contribution is 2.18. The molecule has 0 aliphatic heterocycles. The Hall–Kier alpha value is -3.28. The monoisotopic (exact) mass is 381 g/mol. The summed E-state index contributed by atoms with van der Waals surface area (Å²) < 4.78 is 17.3. The van der Waals surface area contributed by atoms with Crippen molar-refractivity contribution in [3.63, 3.8) is 0 Å². The van der Waals surface area contributed by atoms with Crippen molar-refractivity contribution >= 4 is 22.8 Å². The number of hydrogen-bond acceptors (Lipinski definition) is 5. The second-order valence-corrected chi connectivity index (χ2v) is 6.36. The van der Waals surface area contributed by atoms with Crippen molar-refractivity contribution in [1.29, 1.82) is 0 Å². The van der Waals surface area contributed by atoms with Crippen molar-refractivity contribution in [2.45, 2.75) is 13.0 Å². The van der Waals surface area contributed by atoms with E-state index in [1.807, 2.05) is 36.4 Å². The van der Waals surface area contributed by atoms with E-state index in [9.17, 15) is 9.59 Å². The molecule has 0 atom stereocenters. The second-order valence-electron chi connectivity index (χ2n) is 6.36. The third kappa shape index (κ3) is 4.52. The average Bonchev–Trinajstić information content (AvgIpc) is 3.15. The fraction of sp³-hybridized carbons (Fsp3) is 0.273. The van der Waals surface area contributed by atoms with Gasteiger partial charge in [-0.05, 0) is 41.6 Å². The number of para-hydroxylation sites is 1. The lowest BCUT2D eigenvalue weighted by atomic mass is 9.99. The molecule has 3 rings (SSSR count).